The second kappa shape index (κ2) is 8.58. The molecule has 0 unspecified atom stereocenters. The number of rotatable bonds is 9. The zero-order valence-electron chi connectivity index (χ0n) is 15.3. The highest BCUT2D eigenvalue weighted by Gasteiger charge is 2.14. The lowest BCUT2D eigenvalue weighted by Crippen LogP contribution is -2.22. The van der Waals surface area contributed by atoms with Gasteiger partial charge in [-0.15, -0.1) is 0 Å². The van der Waals surface area contributed by atoms with Crippen molar-refractivity contribution in [1.29, 1.82) is 0 Å². The molecule has 1 aromatic carbocycles. The zero-order chi connectivity index (χ0) is 17.6. The number of nitrogens with zero attached hydrogens (tertiary/aromatic N) is 2. The van der Waals surface area contributed by atoms with E-state index in [0.717, 1.165) is 49.0 Å². The zero-order valence-corrected chi connectivity index (χ0v) is 16.3. The molecule has 5 heteroatoms. The van der Waals surface area contributed by atoms with Crippen LogP contribution < -0.4 is 0 Å². The van der Waals surface area contributed by atoms with Gasteiger partial charge in [0.1, 0.15) is 18.4 Å². The van der Waals surface area contributed by atoms with Gasteiger partial charge in [0.15, 0.2) is 0 Å². The van der Waals surface area contributed by atoms with Crippen LogP contribution in [0.15, 0.2) is 30.5 Å². The van der Waals surface area contributed by atoms with E-state index in [4.69, 9.17) is 4.74 Å². The summed E-state index contributed by atoms with van der Waals surface area (Å²) in [5, 5.41) is 0. The van der Waals surface area contributed by atoms with E-state index in [-0.39, 0.29) is 5.82 Å². The van der Waals surface area contributed by atoms with Crippen molar-refractivity contribution < 1.29 is 9.13 Å². The monoisotopic (exact) mass is 348 g/mol. The van der Waals surface area contributed by atoms with E-state index in [1.54, 1.807) is 12.1 Å². The minimum atomic E-state index is -1.09. The third-order valence-corrected chi connectivity index (χ3v) is 5.75. The van der Waals surface area contributed by atoms with Crippen LogP contribution in [0.3, 0.4) is 0 Å². The molecule has 24 heavy (non-hydrogen) atoms. The number of aromatic nitrogens is 2. The highest BCUT2D eigenvalue weighted by atomic mass is 28.3. The molecule has 3 nitrogen and oxygen atoms in total. The second-order valence-corrected chi connectivity index (χ2v) is 13.1. The van der Waals surface area contributed by atoms with Gasteiger partial charge in [0, 0.05) is 26.7 Å². The molecule has 2 rings (SSSR count). The van der Waals surface area contributed by atoms with Gasteiger partial charge in [0.2, 0.25) is 0 Å². The van der Waals surface area contributed by atoms with Crippen molar-refractivity contribution in [2.24, 2.45) is 0 Å². The Morgan fingerprint density at radius 2 is 1.88 bits per heavy atom. The van der Waals surface area contributed by atoms with Gasteiger partial charge in [-0.3, -0.25) is 0 Å². The van der Waals surface area contributed by atoms with Crippen LogP contribution in [0, 0.1) is 5.82 Å². The maximum absolute atomic E-state index is 13.2. The fraction of sp³-hybridized carbons (Fsp3) is 0.526. The van der Waals surface area contributed by atoms with Gasteiger partial charge in [-0.1, -0.05) is 33.0 Å². The third kappa shape index (κ3) is 5.56. The Bertz CT molecular complexity index is 632. The van der Waals surface area contributed by atoms with Crippen LogP contribution in [0.5, 0.6) is 0 Å². The molecular formula is C19H29FN2OSi. The molecule has 1 heterocycles. The predicted molar refractivity (Wildman–Crippen MR) is 100 cm³/mol. The largest absolute Gasteiger partial charge is 0.361 e. The Balaban J connectivity index is 2.14. The number of aryl methyl sites for hydroxylation is 1. The lowest BCUT2D eigenvalue weighted by molar-refractivity contribution is 0.0861. The Morgan fingerprint density at radius 1 is 1.17 bits per heavy atom. The van der Waals surface area contributed by atoms with Gasteiger partial charge in [0.25, 0.3) is 0 Å². The van der Waals surface area contributed by atoms with E-state index in [1.807, 2.05) is 6.20 Å². The van der Waals surface area contributed by atoms with Gasteiger partial charge >= 0.3 is 0 Å². The van der Waals surface area contributed by atoms with Crippen molar-refractivity contribution in [1.82, 2.24) is 9.55 Å². The van der Waals surface area contributed by atoms with E-state index >= 15 is 0 Å². The van der Waals surface area contributed by atoms with Crippen LogP contribution in [-0.4, -0.2) is 24.2 Å². The molecule has 0 aliphatic rings. The van der Waals surface area contributed by atoms with Crippen LogP contribution in [0.25, 0.3) is 11.3 Å². The standard InChI is InChI=1S/C19H29FN2OSi/c1-5-6-7-19-21-14-18(16-8-10-17(20)11-9-16)22(19)15-23-12-13-24(2,3)4/h8-11,14H,5-7,12-13,15H2,1-4H3. The summed E-state index contributed by atoms with van der Waals surface area (Å²) in [5.41, 5.74) is 1.97. The van der Waals surface area contributed by atoms with Gasteiger partial charge in [-0.25, -0.2) is 9.37 Å². The molecule has 0 amide bonds. The fourth-order valence-corrected chi connectivity index (χ4v) is 3.23. The smallest absolute Gasteiger partial charge is 0.124 e. The molecule has 0 aliphatic carbocycles. The Hall–Kier alpha value is -1.46. The lowest BCUT2D eigenvalue weighted by atomic mass is 10.1. The molecule has 0 bridgehead atoms. The molecule has 0 spiro atoms. The number of halogens is 1. The highest BCUT2D eigenvalue weighted by molar-refractivity contribution is 6.76. The molecule has 132 valence electrons. The van der Waals surface area contributed by atoms with Crippen molar-refractivity contribution in [2.75, 3.05) is 6.61 Å². The van der Waals surface area contributed by atoms with Crippen molar-refractivity contribution >= 4 is 8.07 Å². The summed E-state index contributed by atoms with van der Waals surface area (Å²) in [6.07, 6.45) is 5.05. The summed E-state index contributed by atoms with van der Waals surface area (Å²) in [6.45, 7) is 10.5. The van der Waals surface area contributed by atoms with Crippen LogP contribution in [0.1, 0.15) is 25.6 Å². The molecule has 1 aromatic heterocycles. The molecule has 0 N–H and O–H groups in total. The highest BCUT2D eigenvalue weighted by Crippen LogP contribution is 2.22. The molecule has 0 atom stereocenters. The maximum Gasteiger partial charge on any atom is 0.124 e. The van der Waals surface area contributed by atoms with E-state index in [0.29, 0.717) is 6.73 Å². The third-order valence-electron chi connectivity index (χ3n) is 4.05. The summed E-state index contributed by atoms with van der Waals surface area (Å²) in [4.78, 5) is 4.58. The summed E-state index contributed by atoms with van der Waals surface area (Å²) < 4.78 is 21.3. The normalized spacial score (nSPS) is 11.9. The Kier molecular flexibility index (Phi) is 6.75. The van der Waals surface area contributed by atoms with E-state index in [2.05, 4.69) is 36.1 Å². The van der Waals surface area contributed by atoms with Crippen LogP contribution >= 0.6 is 0 Å². The number of benzene rings is 1. The molecule has 0 radical (unpaired) electrons. The molecule has 0 saturated carbocycles. The average molecular weight is 349 g/mol. The molecular weight excluding hydrogens is 319 g/mol. The first-order valence-corrected chi connectivity index (χ1v) is 12.5. The van der Waals surface area contributed by atoms with Crippen molar-refractivity contribution in [3.05, 3.63) is 42.1 Å². The molecule has 0 fully saturated rings. The van der Waals surface area contributed by atoms with Gasteiger partial charge in [-0.05, 0) is 36.7 Å². The molecule has 0 aliphatic heterocycles. The predicted octanol–water partition coefficient (Wildman–Crippen LogP) is 5.34. The molecule has 2 aromatic rings. The minimum Gasteiger partial charge on any atom is -0.361 e. The number of imidazole rings is 1. The van der Waals surface area contributed by atoms with Gasteiger partial charge in [-0.2, -0.15) is 0 Å². The van der Waals surface area contributed by atoms with Gasteiger partial charge < -0.3 is 9.30 Å². The number of hydrogen-bond donors (Lipinski definition) is 0. The summed E-state index contributed by atoms with van der Waals surface area (Å²) in [5.74, 6) is 0.826. The number of hydrogen-bond acceptors (Lipinski definition) is 2. The number of ether oxygens (including phenoxy) is 1. The van der Waals surface area contributed by atoms with Crippen molar-refractivity contribution in [2.45, 2.75) is 58.6 Å². The first-order valence-electron chi connectivity index (χ1n) is 8.79. The summed E-state index contributed by atoms with van der Waals surface area (Å²) in [7, 11) is -1.09. The Labute approximate surface area is 145 Å². The fourth-order valence-electron chi connectivity index (χ4n) is 2.48. The second-order valence-electron chi connectivity index (χ2n) is 7.45. The van der Waals surface area contributed by atoms with E-state index in [1.165, 1.54) is 12.1 Å². The van der Waals surface area contributed by atoms with E-state index < -0.39 is 8.07 Å². The first-order chi connectivity index (χ1) is 11.4. The minimum absolute atomic E-state index is 0.220. The van der Waals surface area contributed by atoms with E-state index in [9.17, 15) is 4.39 Å². The van der Waals surface area contributed by atoms with Gasteiger partial charge in [0.05, 0.1) is 11.9 Å². The SMILES string of the molecule is CCCCc1ncc(-c2ccc(F)cc2)n1COCC[Si](C)(C)C. The van der Waals surface area contributed by atoms with Crippen molar-refractivity contribution in [3.8, 4) is 11.3 Å². The maximum atomic E-state index is 13.2. The Morgan fingerprint density at radius 3 is 2.50 bits per heavy atom. The molecule has 0 saturated heterocycles. The van der Waals surface area contributed by atoms with Crippen molar-refractivity contribution in [3.63, 3.8) is 0 Å². The first kappa shape index (κ1) is 18.9. The quantitative estimate of drug-likeness (QED) is 0.451. The van der Waals surface area contributed by atoms with Crippen LogP contribution in [-0.2, 0) is 17.9 Å². The summed E-state index contributed by atoms with van der Waals surface area (Å²) in [6, 6.07) is 7.73. The summed E-state index contributed by atoms with van der Waals surface area (Å²) >= 11 is 0. The average Bonchev–Trinajstić information content (AvgIpc) is 2.92. The topological polar surface area (TPSA) is 27.1 Å². The van der Waals surface area contributed by atoms with Crippen LogP contribution in [0.2, 0.25) is 25.7 Å². The van der Waals surface area contributed by atoms with Crippen LogP contribution in [0.4, 0.5) is 4.39 Å². The number of unbranched alkanes of at least 4 members (excludes halogenated alkanes) is 1. The lowest BCUT2D eigenvalue weighted by Gasteiger charge is -2.17.